The first-order valence-corrected chi connectivity index (χ1v) is 14.4. The van der Waals surface area contributed by atoms with Gasteiger partial charge in [0.05, 0.1) is 46.7 Å². The maximum absolute atomic E-state index is 13.7. The van der Waals surface area contributed by atoms with Gasteiger partial charge in [-0.2, -0.15) is 9.94 Å². The van der Waals surface area contributed by atoms with Crippen LogP contribution in [0.4, 0.5) is 19.3 Å². The number of likely N-dealkylation sites (tertiary alicyclic amines) is 1. The third-order valence-corrected chi connectivity index (χ3v) is 8.42. The van der Waals surface area contributed by atoms with Gasteiger partial charge < -0.3 is 15.5 Å². The number of hydrogen-bond acceptors (Lipinski definition) is 9. The summed E-state index contributed by atoms with van der Waals surface area (Å²) in [5, 5.41) is 21.4. The summed E-state index contributed by atoms with van der Waals surface area (Å²) >= 11 is 0.809. The Balaban J connectivity index is 1.30. The summed E-state index contributed by atoms with van der Waals surface area (Å²) in [7, 11) is 0. The van der Waals surface area contributed by atoms with E-state index in [0.717, 1.165) is 21.3 Å². The number of nitriles is 1. The van der Waals surface area contributed by atoms with Gasteiger partial charge in [0.15, 0.2) is 0 Å². The number of halogens is 2. The average Bonchev–Trinajstić information content (AvgIpc) is 3.58. The third kappa shape index (κ3) is 6.20. The monoisotopic (exact) mass is 620 g/mol. The van der Waals surface area contributed by atoms with Crippen molar-refractivity contribution in [2.45, 2.75) is 37.5 Å². The van der Waals surface area contributed by atoms with Crippen molar-refractivity contribution in [3.05, 3.63) is 60.3 Å². The van der Waals surface area contributed by atoms with E-state index in [-0.39, 0.29) is 17.0 Å². The number of amides is 3. The number of hydrogen-bond donors (Lipinski definition) is 2. The van der Waals surface area contributed by atoms with E-state index in [1.807, 2.05) is 0 Å². The van der Waals surface area contributed by atoms with Gasteiger partial charge in [-0.1, -0.05) is 43.3 Å². The van der Waals surface area contributed by atoms with Gasteiger partial charge in [0, 0.05) is 18.0 Å². The van der Waals surface area contributed by atoms with Gasteiger partial charge in [0.1, 0.15) is 11.6 Å². The Morgan fingerprint density at radius 3 is 2.66 bits per heavy atom. The number of alkyl halides is 2. The summed E-state index contributed by atoms with van der Waals surface area (Å²) in [6.45, 7) is 2.13. The SMILES string of the molecule is CC(C)C(SC(=O)n1nnc2ccccc21)C(=O)Nc1cccc2c(C(=O)NCC(=O)N3CC(F)(F)CC3C#N)ccnc12. The molecule has 1 aliphatic rings. The molecule has 0 bridgehead atoms. The lowest BCUT2D eigenvalue weighted by molar-refractivity contribution is -0.131. The van der Waals surface area contributed by atoms with Crippen LogP contribution in [0.1, 0.15) is 30.6 Å². The van der Waals surface area contributed by atoms with Crippen molar-refractivity contribution >= 4 is 62.3 Å². The minimum atomic E-state index is -3.17. The standard InChI is InChI=1S/C29H26F2N8O4S/c1-16(2)25(44-28(43)39-22-9-4-3-7-20(22)36-37-39)27(42)35-21-8-5-6-18-19(10-11-33-24(18)21)26(41)34-14-23(40)38-15-29(30,31)12-17(38)13-32/h3-11,16-17,25H,12,14-15H2,1-2H3,(H,34,41)(H,35,42). The predicted molar refractivity (Wildman–Crippen MR) is 158 cm³/mol. The molecule has 2 aromatic heterocycles. The van der Waals surface area contributed by atoms with Gasteiger partial charge in [-0.05, 0) is 41.9 Å². The molecule has 2 aromatic carbocycles. The number of carbonyl (C=O) groups is 4. The van der Waals surface area contributed by atoms with Gasteiger partial charge in [-0.15, -0.1) is 5.10 Å². The van der Waals surface area contributed by atoms with Gasteiger partial charge in [0.2, 0.25) is 11.8 Å². The fourth-order valence-electron chi connectivity index (χ4n) is 4.88. The first-order chi connectivity index (χ1) is 21.0. The molecule has 44 heavy (non-hydrogen) atoms. The molecule has 0 spiro atoms. The van der Waals surface area contributed by atoms with Crippen LogP contribution in [0.5, 0.6) is 0 Å². The van der Waals surface area contributed by atoms with Crippen LogP contribution < -0.4 is 10.6 Å². The number of pyridine rings is 1. The smallest absolute Gasteiger partial charge is 0.308 e. The Hall–Kier alpha value is -4.97. The molecule has 226 valence electrons. The average molecular weight is 621 g/mol. The molecule has 2 N–H and O–H groups in total. The summed E-state index contributed by atoms with van der Waals surface area (Å²) < 4.78 is 28.6. The Bertz CT molecular complexity index is 1820. The van der Waals surface area contributed by atoms with Crippen molar-refractivity contribution in [1.82, 2.24) is 30.2 Å². The van der Waals surface area contributed by atoms with Crippen LogP contribution in [-0.2, 0) is 9.59 Å². The maximum Gasteiger partial charge on any atom is 0.308 e. The highest BCUT2D eigenvalue weighted by Gasteiger charge is 2.47. The van der Waals surface area contributed by atoms with E-state index in [4.69, 9.17) is 5.26 Å². The third-order valence-electron chi connectivity index (χ3n) is 7.03. The Morgan fingerprint density at radius 2 is 1.91 bits per heavy atom. The number of nitrogens with one attached hydrogen (secondary N) is 2. The molecule has 3 heterocycles. The van der Waals surface area contributed by atoms with Crippen molar-refractivity contribution < 1.29 is 28.0 Å². The molecule has 2 unspecified atom stereocenters. The van der Waals surface area contributed by atoms with Crippen LogP contribution in [0.15, 0.2) is 54.7 Å². The van der Waals surface area contributed by atoms with Crippen LogP contribution in [-0.4, -0.2) is 78.1 Å². The topological polar surface area (TPSA) is 163 Å². The van der Waals surface area contributed by atoms with Crippen molar-refractivity contribution in [3.63, 3.8) is 0 Å². The molecule has 5 rings (SSSR count). The lowest BCUT2D eigenvalue weighted by atomic mass is 10.1. The minimum Gasteiger partial charge on any atom is -0.343 e. The molecule has 0 saturated carbocycles. The predicted octanol–water partition coefficient (Wildman–Crippen LogP) is 3.83. The lowest BCUT2D eigenvalue weighted by Crippen LogP contribution is -2.43. The molecule has 4 aromatic rings. The Kier molecular flexibility index (Phi) is 8.54. The molecule has 15 heteroatoms. The number of thioether (sulfide) groups is 1. The fraction of sp³-hybridized carbons (Fsp3) is 0.310. The summed E-state index contributed by atoms with van der Waals surface area (Å²) in [6.07, 6.45) is 0.601. The lowest BCUT2D eigenvalue weighted by Gasteiger charge is -2.20. The number of aromatic nitrogens is 4. The molecule has 3 amide bonds. The second kappa shape index (κ2) is 12.3. The van der Waals surface area contributed by atoms with Crippen LogP contribution in [0.3, 0.4) is 0 Å². The van der Waals surface area contributed by atoms with Gasteiger partial charge in [-0.25, -0.2) is 8.78 Å². The second-order valence-electron chi connectivity index (χ2n) is 10.5. The van der Waals surface area contributed by atoms with Gasteiger partial charge >= 0.3 is 5.24 Å². The quantitative estimate of drug-likeness (QED) is 0.313. The number of benzene rings is 2. The van der Waals surface area contributed by atoms with Gasteiger partial charge in [0.25, 0.3) is 11.8 Å². The van der Waals surface area contributed by atoms with E-state index >= 15 is 0 Å². The summed E-state index contributed by atoms with van der Waals surface area (Å²) in [6, 6.07) is 13.6. The highest BCUT2D eigenvalue weighted by molar-refractivity contribution is 8.14. The Labute approximate surface area is 253 Å². The zero-order chi connectivity index (χ0) is 31.6. The molecular weight excluding hydrogens is 594 g/mol. The van der Waals surface area contributed by atoms with E-state index in [1.165, 1.54) is 12.3 Å². The number of carbonyl (C=O) groups excluding carboxylic acids is 4. The molecular formula is C29H26F2N8O4S. The molecule has 1 fully saturated rings. The number of nitrogens with zero attached hydrogens (tertiary/aromatic N) is 6. The molecule has 12 nitrogen and oxygen atoms in total. The second-order valence-corrected chi connectivity index (χ2v) is 11.6. The summed E-state index contributed by atoms with van der Waals surface area (Å²) in [4.78, 5) is 57.2. The number of para-hydroxylation sites is 2. The first kappa shape index (κ1) is 30.5. The van der Waals surface area contributed by atoms with Crippen LogP contribution in [0, 0.1) is 17.2 Å². The highest BCUT2D eigenvalue weighted by Crippen LogP contribution is 2.32. The maximum atomic E-state index is 13.7. The van der Waals surface area contributed by atoms with Gasteiger partial charge in [-0.3, -0.25) is 24.2 Å². The number of fused-ring (bicyclic) bond motifs is 2. The zero-order valence-corrected chi connectivity index (χ0v) is 24.3. The molecule has 0 radical (unpaired) electrons. The largest absolute Gasteiger partial charge is 0.343 e. The molecule has 1 aliphatic heterocycles. The van der Waals surface area contributed by atoms with Crippen molar-refractivity contribution in [1.29, 1.82) is 5.26 Å². The fourth-order valence-corrected chi connectivity index (χ4v) is 5.77. The molecule has 1 saturated heterocycles. The van der Waals surface area contributed by atoms with E-state index < -0.39 is 59.7 Å². The van der Waals surface area contributed by atoms with E-state index in [1.54, 1.807) is 62.4 Å². The highest BCUT2D eigenvalue weighted by atomic mass is 32.2. The molecule has 0 aliphatic carbocycles. The summed E-state index contributed by atoms with van der Waals surface area (Å²) in [5.41, 5.74) is 1.76. The van der Waals surface area contributed by atoms with Crippen LogP contribution in [0.25, 0.3) is 21.9 Å². The van der Waals surface area contributed by atoms with Crippen molar-refractivity contribution in [2.24, 2.45) is 5.92 Å². The normalized spacial score (nSPS) is 16.5. The van der Waals surface area contributed by atoms with E-state index in [9.17, 15) is 28.0 Å². The first-order valence-electron chi connectivity index (χ1n) is 13.5. The molecule has 2 atom stereocenters. The zero-order valence-electron chi connectivity index (χ0n) is 23.5. The number of rotatable bonds is 7. The van der Waals surface area contributed by atoms with E-state index in [0.29, 0.717) is 22.1 Å². The van der Waals surface area contributed by atoms with Crippen LogP contribution >= 0.6 is 11.8 Å². The number of anilines is 1. The van der Waals surface area contributed by atoms with E-state index in [2.05, 4.69) is 25.9 Å². The minimum absolute atomic E-state index is 0.130. The van der Waals surface area contributed by atoms with Crippen molar-refractivity contribution in [2.75, 3.05) is 18.4 Å². The Morgan fingerprint density at radius 1 is 1.14 bits per heavy atom. The van der Waals surface area contributed by atoms with Crippen LogP contribution in [0.2, 0.25) is 0 Å². The summed E-state index contributed by atoms with van der Waals surface area (Å²) in [5.74, 6) is -5.37. The van der Waals surface area contributed by atoms with Crippen molar-refractivity contribution in [3.8, 4) is 6.07 Å².